The minimum Gasteiger partial charge on any atom is -0.497 e. The first kappa shape index (κ1) is 15.0. The summed E-state index contributed by atoms with van der Waals surface area (Å²) < 4.78 is 5.13. The standard InChI is InChI=1S/C16H18N2O3/c1-12(14-6-8-16(21-2)9-7-14)17-11-13-4-3-5-15(10-13)18(19)20/h3-10,12,17H,11H2,1-2H3. The molecule has 0 aliphatic heterocycles. The average Bonchev–Trinajstić information content (AvgIpc) is 2.53. The van der Waals surface area contributed by atoms with Crippen LogP contribution in [0.25, 0.3) is 0 Å². The molecule has 2 aromatic carbocycles. The van der Waals surface area contributed by atoms with Crippen molar-refractivity contribution in [2.75, 3.05) is 7.11 Å². The maximum atomic E-state index is 10.7. The summed E-state index contributed by atoms with van der Waals surface area (Å²) in [6, 6.07) is 14.7. The number of nitro benzene ring substituents is 1. The molecule has 0 aliphatic carbocycles. The van der Waals surface area contributed by atoms with Crippen molar-refractivity contribution in [3.63, 3.8) is 0 Å². The van der Waals surface area contributed by atoms with Gasteiger partial charge in [-0.25, -0.2) is 0 Å². The fourth-order valence-corrected chi connectivity index (χ4v) is 2.06. The van der Waals surface area contributed by atoms with E-state index in [2.05, 4.69) is 12.2 Å². The zero-order valence-electron chi connectivity index (χ0n) is 12.1. The van der Waals surface area contributed by atoms with Crippen molar-refractivity contribution in [3.8, 4) is 5.75 Å². The first-order valence-electron chi connectivity index (χ1n) is 6.71. The van der Waals surface area contributed by atoms with E-state index in [1.165, 1.54) is 6.07 Å². The Bertz CT molecular complexity index is 611. The largest absolute Gasteiger partial charge is 0.497 e. The third-order valence-corrected chi connectivity index (χ3v) is 3.35. The van der Waals surface area contributed by atoms with Crippen LogP contribution in [0, 0.1) is 10.1 Å². The van der Waals surface area contributed by atoms with E-state index in [9.17, 15) is 10.1 Å². The van der Waals surface area contributed by atoms with E-state index in [-0.39, 0.29) is 16.7 Å². The van der Waals surface area contributed by atoms with Crippen LogP contribution >= 0.6 is 0 Å². The van der Waals surface area contributed by atoms with Gasteiger partial charge in [-0.1, -0.05) is 24.3 Å². The van der Waals surface area contributed by atoms with Crippen LogP contribution in [0.2, 0.25) is 0 Å². The van der Waals surface area contributed by atoms with Crippen molar-refractivity contribution in [2.24, 2.45) is 0 Å². The Morgan fingerprint density at radius 1 is 1.24 bits per heavy atom. The van der Waals surface area contributed by atoms with Gasteiger partial charge in [0.15, 0.2) is 0 Å². The van der Waals surface area contributed by atoms with E-state index < -0.39 is 0 Å². The summed E-state index contributed by atoms with van der Waals surface area (Å²) >= 11 is 0. The lowest BCUT2D eigenvalue weighted by molar-refractivity contribution is -0.384. The Labute approximate surface area is 123 Å². The summed E-state index contributed by atoms with van der Waals surface area (Å²) in [6.45, 7) is 2.63. The number of methoxy groups -OCH3 is 1. The molecule has 1 atom stereocenters. The van der Waals surface area contributed by atoms with Crippen LogP contribution < -0.4 is 10.1 Å². The van der Waals surface area contributed by atoms with Gasteiger partial charge in [0.05, 0.1) is 12.0 Å². The molecule has 0 fully saturated rings. The summed E-state index contributed by atoms with van der Waals surface area (Å²) in [4.78, 5) is 10.4. The Morgan fingerprint density at radius 3 is 2.57 bits per heavy atom. The lowest BCUT2D eigenvalue weighted by Gasteiger charge is -2.14. The molecule has 0 aliphatic rings. The minimum absolute atomic E-state index is 0.117. The van der Waals surface area contributed by atoms with Crippen LogP contribution in [0.4, 0.5) is 5.69 Å². The first-order valence-corrected chi connectivity index (χ1v) is 6.71. The molecule has 2 aromatic rings. The molecule has 0 amide bonds. The highest BCUT2D eigenvalue weighted by Crippen LogP contribution is 2.18. The van der Waals surface area contributed by atoms with Crippen molar-refractivity contribution < 1.29 is 9.66 Å². The summed E-state index contributed by atoms with van der Waals surface area (Å²) in [5.41, 5.74) is 2.15. The number of ether oxygens (including phenoxy) is 1. The third kappa shape index (κ3) is 4.03. The second kappa shape index (κ2) is 6.85. The highest BCUT2D eigenvalue weighted by Gasteiger charge is 2.08. The van der Waals surface area contributed by atoms with E-state index in [4.69, 9.17) is 4.74 Å². The van der Waals surface area contributed by atoms with Crippen molar-refractivity contribution in [2.45, 2.75) is 19.5 Å². The third-order valence-electron chi connectivity index (χ3n) is 3.35. The van der Waals surface area contributed by atoms with Gasteiger partial charge in [-0.15, -0.1) is 0 Å². The molecule has 0 radical (unpaired) electrons. The number of hydrogen-bond acceptors (Lipinski definition) is 4. The molecule has 0 heterocycles. The smallest absolute Gasteiger partial charge is 0.269 e. The van der Waals surface area contributed by atoms with Crippen LogP contribution in [0.1, 0.15) is 24.1 Å². The molecule has 5 nitrogen and oxygen atoms in total. The Kier molecular flexibility index (Phi) is 4.90. The molecule has 0 saturated carbocycles. The molecular formula is C16H18N2O3. The molecule has 21 heavy (non-hydrogen) atoms. The fourth-order valence-electron chi connectivity index (χ4n) is 2.06. The van der Waals surface area contributed by atoms with Crippen molar-refractivity contribution in [1.29, 1.82) is 0 Å². The Hall–Kier alpha value is -2.40. The summed E-state index contributed by atoms with van der Waals surface area (Å²) in [5, 5.41) is 14.1. The number of nitrogens with one attached hydrogen (secondary N) is 1. The Balaban J connectivity index is 1.98. The van der Waals surface area contributed by atoms with Gasteiger partial charge in [-0.3, -0.25) is 10.1 Å². The van der Waals surface area contributed by atoms with Gasteiger partial charge in [0.2, 0.25) is 0 Å². The van der Waals surface area contributed by atoms with Crippen molar-refractivity contribution >= 4 is 5.69 Å². The number of rotatable bonds is 6. The summed E-state index contributed by atoms with van der Waals surface area (Å²) in [7, 11) is 1.64. The van der Waals surface area contributed by atoms with Crippen LogP contribution in [0.3, 0.4) is 0 Å². The van der Waals surface area contributed by atoms with Crippen molar-refractivity contribution in [3.05, 3.63) is 69.8 Å². The van der Waals surface area contributed by atoms with Gasteiger partial charge in [-0.05, 0) is 30.2 Å². The fraction of sp³-hybridized carbons (Fsp3) is 0.250. The van der Waals surface area contributed by atoms with E-state index in [1.54, 1.807) is 19.2 Å². The molecule has 1 unspecified atom stereocenters. The highest BCUT2D eigenvalue weighted by molar-refractivity contribution is 5.34. The average molecular weight is 286 g/mol. The number of non-ortho nitro benzene ring substituents is 1. The van der Waals surface area contributed by atoms with Crippen LogP contribution in [0.15, 0.2) is 48.5 Å². The maximum Gasteiger partial charge on any atom is 0.269 e. The van der Waals surface area contributed by atoms with E-state index in [1.807, 2.05) is 30.3 Å². The molecule has 1 N–H and O–H groups in total. The lowest BCUT2D eigenvalue weighted by Crippen LogP contribution is -2.18. The van der Waals surface area contributed by atoms with Gasteiger partial charge < -0.3 is 10.1 Å². The normalized spacial score (nSPS) is 11.9. The zero-order chi connectivity index (χ0) is 15.2. The molecule has 0 spiro atoms. The monoisotopic (exact) mass is 286 g/mol. The SMILES string of the molecule is COc1ccc(C(C)NCc2cccc([N+](=O)[O-])c2)cc1. The predicted molar refractivity (Wildman–Crippen MR) is 81.3 cm³/mol. The number of nitrogens with zero attached hydrogens (tertiary/aromatic N) is 1. The minimum atomic E-state index is -0.379. The maximum absolute atomic E-state index is 10.7. The van der Waals surface area contributed by atoms with Gasteiger partial charge in [0, 0.05) is 24.7 Å². The Morgan fingerprint density at radius 2 is 1.95 bits per heavy atom. The summed E-state index contributed by atoms with van der Waals surface area (Å²) in [5.74, 6) is 0.824. The van der Waals surface area contributed by atoms with Gasteiger partial charge in [0.1, 0.15) is 5.75 Å². The molecule has 110 valence electrons. The zero-order valence-corrected chi connectivity index (χ0v) is 12.1. The molecule has 0 bridgehead atoms. The molecule has 2 rings (SSSR count). The van der Waals surface area contributed by atoms with Gasteiger partial charge in [0.25, 0.3) is 5.69 Å². The second-order valence-corrected chi connectivity index (χ2v) is 4.80. The summed E-state index contributed by atoms with van der Waals surface area (Å²) in [6.07, 6.45) is 0. The molecule has 0 aromatic heterocycles. The lowest BCUT2D eigenvalue weighted by atomic mass is 10.1. The van der Waals surface area contributed by atoms with E-state index in [0.29, 0.717) is 6.54 Å². The van der Waals surface area contributed by atoms with Crippen LogP contribution in [-0.4, -0.2) is 12.0 Å². The first-order chi connectivity index (χ1) is 10.1. The second-order valence-electron chi connectivity index (χ2n) is 4.80. The van der Waals surface area contributed by atoms with Crippen molar-refractivity contribution in [1.82, 2.24) is 5.32 Å². The number of nitro groups is 1. The van der Waals surface area contributed by atoms with Gasteiger partial charge in [-0.2, -0.15) is 0 Å². The highest BCUT2D eigenvalue weighted by atomic mass is 16.6. The predicted octanol–water partition coefficient (Wildman–Crippen LogP) is 3.45. The number of benzene rings is 2. The van der Waals surface area contributed by atoms with Crippen LogP contribution in [0.5, 0.6) is 5.75 Å². The number of hydrogen-bond donors (Lipinski definition) is 1. The van der Waals surface area contributed by atoms with Crippen LogP contribution in [-0.2, 0) is 6.54 Å². The molecule has 5 heteroatoms. The van der Waals surface area contributed by atoms with E-state index in [0.717, 1.165) is 16.9 Å². The molecule has 0 saturated heterocycles. The quantitative estimate of drug-likeness (QED) is 0.652. The topological polar surface area (TPSA) is 64.4 Å². The molecular weight excluding hydrogens is 268 g/mol. The van der Waals surface area contributed by atoms with E-state index >= 15 is 0 Å². The van der Waals surface area contributed by atoms with Gasteiger partial charge >= 0.3 is 0 Å².